The third-order valence-electron chi connectivity index (χ3n) is 4.70. The summed E-state index contributed by atoms with van der Waals surface area (Å²) in [5.74, 6) is 0.409. The minimum absolute atomic E-state index is 0.0994. The van der Waals surface area contributed by atoms with E-state index >= 15 is 0 Å². The molecule has 1 nitrogen and oxygen atoms in total. The second kappa shape index (κ2) is 6.03. The first-order valence-corrected chi connectivity index (χ1v) is 7.77. The molecule has 112 valence electrons. The normalized spacial score (nSPS) is 27.6. The van der Waals surface area contributed by atoms with Crippen LogP contribution in [0.3, 0.4) is 0 Å². The van der Waals surface area contributed by atoms with Crippen LogP contribution in [-0.4, -0.2) is 11.2 Å². The number of rotatable bonds is 2. The first-order valence-electron chi connectivity index (χ1n) is 7.40. The first kappa shape index (κ1) is 15.8. The number of hydrogen-bond donors (Lipinski definition) is 1. The van der Waals surface area contributed by atoms with Crippen LogP contribution >= 0.6 is 11.6 Å². The van der Waals surface area contributed by atoms with Gasteiger partial charge in [-0.2, -0.15) is 0 Å². The Bertz CT molecular complexity index is 446. The van der Waals surface area contributed by atoms with Gasteiger partial charge in [-0.25, -0.2) is 4.39 Å². The van der Waals surface area contributed by atoms with Crippen LogP contribution < -0.4 is 0 Å². The highest BCUT2D eigenvalue weighted by Gasteiger charge is 2.35. The molecule has 3 atom stereocenters. The van der Waals surface area contributed by atoms with Crippen molar-refractivity contribution in [2.24, 2.45) is 17.3 Å². The predicted molar refractivity (Wildman–Crippen MR) is 81.4 cm³/mol. The molecule has 1 aliphatic rings. The fraction of sp³-hybridized carbons (Fsp3) is 0.647. The molecule has 0 aliphatic heterocycles. The van der Waals surface area contributed by atoms with Crippen LogP contribution in [0, 0.1) is 23.1 Å². The molecule has 3 heteroatoms. The molecule has 1 N–H and O–H groups in total. The summed E-state index contributed by atoms with van der Waals surface area (Å²) >= 11 is 6.10. The molecular weight excluding hydrogens is 275 g/mol. The van der Waals surface area contributed by atoms with Crippen molar-refractivity contribution in [3.63, 3.8) is 0 Å². The molecular formula is C17H24ClFO. The molecule has 2 rings (SSSR count). The van der Waals surface area contributed by atoms with E-state index in [1.165, 1.54) is 6.07 Å². The summed E-state index contributed by atoms with van der Waals surface area (Å²) in [6.07, 6.45) is 2.98. The molecule has 0 radical (unpaired) electrons. The van der Waals surface area contributed by atoms with Gasteiger partial charge in [0.05, 0.1) is 6.10 Å². The molecule has 0 bridgehead atoms. The number of halogens is 2. The zero-order chi connectivity index (χ0) is 14.9. The Labute approximate surface area is 126 Å². The number of aliphatic hydroxyl groups excluding tert-OH is 1. The van der Waals surface area contributed by atoms with E-state index in [9.17, 15) is 9.50 Å². The molecule has 0 heterocycles. The summed E-state index contributed by atoms with van der Waals surface area (Å²) in [5, 5.41) is 10.7. The van der Waals surface area contributed by atoms with Crippen LogP contribution in [0.25, 0.3) is 0 Å². The van der Waals surface area contributed by atoms with Gasteiger partial charge in [-0.15, -0.1) is 0 Å². The van der Waals surface area contributed by atoms with Gasteiger partial charge in [0, 0.05) is 10.6 Å². The maximum Gasteiger partial charge on any atom is 0.127 e. The van der Waals surface area contributed by atoms with E-state index in [0.717, 1.165) is 19.3 Å². The SMILES string of the molecule is CC(C)(C)C1CCC(O)C(Cc2c(F)cccc2Cl)C1. The van der Waals surface area contributed by atoms with Crippen molar-refractivity contribution in [1.29, 1.82) is 0 Å². The van der Waals surface area contributed by atoms with Gasteiger partial charge in [0.1, 0.15) is 5.82 Å². The van der Waals surface area contributed by atoms with Crippen LogP contribution in [-0.2, 0) is 6.42 Å². The van der Waals surface area contributed by atoms with Crippen molar-refractivity contribution in [2.45, 2.75) is 52.6 Å². The molecule has 1 aromatic rings. The lowest BCUT2D eigenvalue weighted by atomic mass is 9.67. The third kappa shape index (κ3) is 3.53. The minimum Gasteiger partial charge on any atom is -0.393 e. The number of hydrogen-bond acceptors (Lipinski definition) is 1. The Hall–Kier alpha value is -0.600. The monoisotopic (exact) mass is 298 g/mol. The molecule has 0 spiro atoms. The highest BCUT2D eigenvalue weighted by Crippen LogP contribution is 2.42. The van der Waals surface area contributed by atoms with E-state index in [0.29, 0.717) is 22.9 Å². The summed E-state index contributed by atoms with van der Waals surface area (Å²) in [6, 6.07) is 4.78. The Morgan fingerprint density at radius 2 is 2.00 bits per heavy atom. The van der Waals surface area contributed by atoms with Crippen molar-refractivity contribution >= 4 is 11.6 Å². The van der Waals surface area contributed by atoms with Gasteiger partial charge < -0.3 is 5.11 Å². The molecule has 0 aromatic heterocycles. The van der Waals surface area contributed by atoms with Crippen LogP contribution in [0.4, 0.5) is 4.39 Å². The van der Waals surface area contributed by atoms with Gasteiger partial charge in [-0.1, -0.05) is 38.4 Å². The van der Waals surface area contributed by atoms with E-state index in [2.05, 4.69) is 20.8 Å². The van der Waals surface area contributed by atoms with Gasteiger partial charge >= 0.3 is 0 Å². The first-order chi connectivity index (χ1) is 9.29. The number of benzene rings is 1. The number of aliphatic hydroxyl groups is 1. The molecule has 1 aromatic carbocycles. The van der Waals surface area contributed by atoms with Crippen LogP contribution in [0.5, 0.6) is 0 Å². The average molecular weight is 299 g/mol. The maximum atomic E-state index is 13.9. The Kier molecular flexibility index (Phi) is 4.76. The summed E-state index contributed by atoms with van der Waals surface area (Å²) in [7, 11) is 0. The molecule has 1 fully saturated rings. The molecule has 0 amide bonds. The second-order valence-electron chi connectivity index (χ2n) is 7.11. The van der Waals surface area contributed by atoms with Crippen molar-refractivity contribution in [2.75, 3.05) is 0 Å². The van der Waals surface area contributed by atoms with Crippen molar-refractivity contribution < 1.29 is 9.50 Å². The van der Waals surface area contributed by atoms with E-state index in [4.69, 9.17) is 11.6 Å². The summed E-state index contributed by atoms with van der Waals surface area (Å²) in [4.78, 5) is 0. The molecule has 1 saturated carbocycles. The minimum atomic E-state index is -0.343. The van der Waals surface area contributed by atoms with Gasteiger partial charge in [0.25, 0.3) is 0 Å². The lowest BCUT2D eigenvalue weighted by Gasteiger charge is -2.40. The van der Waals surface area contributed by atoms with Crippen molar-refractivity contribution in [3.05, 3.63) is 34.6 Å². The van der Waals surface area contributed by atoms with Gasteiger partial charge in [-0.05, 0) is 55.1 Å². The molecule has 1 aliphatic carbocycles. The van der Waals surface area contributed by atoms with Gasteiger partial charge in [-0.3, -0.25) is 0 Å². The Morgan fingerprint density at radius 1 is 1.30 bits per heavy atom. The molecule has 20 heavy (non-hydrogen) atoms. The smallest absolute Gasteiger partial charge is 0.127 e. The lowest BCUT2D eigenvalue weighted by molar-refractivity contribution is 0.0193. The largest absolute Gasteiger partial charge is 0.393 e. The van der Waals surface area contributed by atoms with Crippen molar-refractivity contribution in [1.82, 2.24) is 0 Å². The Morgan fingerprint density at radius 3 is 2.60 bits per heavy atom. The fourth-order valence-corrected chi connectivity index (χ4v) is 3.48. The van der Waals surface area contributed by atoms with E-state index in [1.54, 1.807) is 12.1 Å². The quantitative estimate of drug-likeness (QED) is 0.828. The van der Waals surface area contributed by atoms with Crippen LogP contribution in [0.15, 0.2) is 18.2 Å². The Balaban J connectivity index is 2.15. The highest BCUT2D eigenvalue weighted by atomic mass is 35.5. The molecule has 0 saturated heterocycles. The highest BCUT2D eigenvalue weighted by molar-refractivity contribution is 6.31. The van der Waals surface area contributed by atoms with E-state index in [1.807, 2.05) is 0 Å². The summed E-state index contributed by atoms with van der Waals surface area (Å²) < 4.78 is 13.9. The lowest BCUT2D eigenvalue weighted by Crippen LogP contribution is -2.35. The maximum absolute atomic E-state index is 13.9. The van der Waals surface area contributed by atoms with E-state index < -0.39 is 0 Å². The topological polar surface area (TPSA) is 20.2 Å². The third-order valence-corrected chi connectivity index (χ3v) is 5.05. The van der Waals surface area contributed by atoms with Crippen LogP contribution in [0.1, 0.15) is 45.6 Å². The van der Waals surface area contributed by atoms with Gasteiger partial charge in [0.2, 0.25) is 0 Å². The van der Waals surface area contributed by atoms with E-state index in [-0.39, 0.29) is 23.3 Å². The zero-order valence-corrected chi connectivity index (χ0v) is 13.3. The fourth-order valence-electron chi connectivity index (χ4n) is 3.24. The average Bonchev–Trinajstić information content (AvgIpc) is 2.34. The van der Waals surface area contributed by atoms with Crippen LogP contribution in [0.2, 0.25) is 5.02 Å². The van der Waals surface area contributed by atoms with Crippen molar-refractivity contribution in [3.8, 4) is 0 Å². The summed E-state index contributed by atoms with van der Waals surface area (Å²) in [5.41, 5.74) is 0.782. The van der Waals surface area contributed by atoms with Gasteiger partial charge in [0.15, 0.2) is 0 Å². The second-order valence-corrected chi connectivity index (χ2v) is 7.51. The molecule has 3 unspecified atom stereocenters. The summed E-state index contributed by atoms with van der Waals surface area (Å²) in [6.45, 7) is 6.72. The standard InChI is InChI=1S/C17H24ClFO/c1-17(2,3)12-7-8-16(20)11(9-12)10-13-14(18)5-4-6-15(13)19/h4-6,11-12,16,20H,7-10H2,1-3H3. The predicted octanol–water partition coefficient (Wildman–Crippen LogP) is 4.84. The zero-order valence-electron chi connectivity index (χ0n) is 12.5.